The molecule has 0 bridgehead atoms. The van der Waals surface area contributed by atoms with Crippen molar-refractivity contribution in [3.05, 3.63) is 33.8 Å². The van der Waals surface area contributed by atoms with Crippen molar-refractivity contribution in [2.45, 2.75) is 32.2 Å². The van der Waals surface area contributed by atoms with Crippen molar-refractivity contribution >= 4 is 22.0 Å². The number of rotatable bonds is 2. The van der Waals surface area contributed by atoms with Crippen LogP contribution in [0.1, 0.15) is 36.9 Å². The van der Waals surface area contributed by atoms with Crippen LogP contribution in [0.15, 0.2) is 22.7 Å². The SMILES string of the molecule is CCOC(=O)N1CCN(C2CCCc3cc(Br)ccc32)CC1. The van der Waals surface area contributed by atoms with Gasteiger partial charge in [0.05, 0.1) is 6.61 Å². The molecule has 3 rings (SSSR count). The predicted molar refractivity (Wildman–Crippen MR) is 90.0 cm³/mol. The minimum atomic E-state index is -0.171. The molecule has 0 radical (unpaired) electrons. The molecule has 1 aromatic rings. The highest BCUT2D eigenvalue weighted by Crippen LogP contribution is 2.36. The Bertz CT molecular complexity index is 541. The molecule has 1 heterocycles. The topological polar surface area (TPSA) is 32.8 Å². The molecule has 0 saturated carbocycles. The first-order chi connectivity index (χ1) is 10.7. The monoisotopic (exact) mass is 366 g/mol. The van der Waals surface area contributed by atoms with Crippen LogP contribution in [-0.4, -0.2) is 48.7 Å². The van der Waals surface area contributed by atoms with Gasteiger partial charge in [-0.1, -0.05) is 22.0 Å². The summed E-state index contributed by atoms with van der Waals surface area (Å²) in [5, 5.41) is 0. The fraction of sp³-hybridized carbons (Fsp3) is 0.588. The lowest BCUT2D eigenvalue weighted by Crippen LogP contribution is -2.50. The molecule has 1 aromatic carbocycles. The van der Waals surface area contributed by atoms with Gasteiger partial charge in [-0.05, 0) is 49.4 Å². The summed E-state index contributed by atoms with van der Waals surface area (Å²) in [6, 6.07) is 7.17. The van der Waals surface area contributed by atoms with Crippen LogP contribution in [0.3, 0.4) is 0 Å². The standard InChI is InChI=1S/C17H23BrN2O2/c1-2-22-17(21)20-10-8-19(9-11-20)16-5-3-4-13-12-14(18)6-7-15(13)16/h6-7,12,16H,2-5,8-11H2,1H3. The highest BCUT2D eigenvalue weighted by molar-refractivity contribution is 9.10. The summed E-state index contributed by atoms with van der Waals surface area (Å²) in [4.78, 5) is 16.2. The first-order valence-electron chi connectivity index (χ1n) is 8.13. The molecule has 1 aliphatic heterocycles. The highest BCUT2D eigenvalue weighted by Gasteiger charge is 2.30. The Kier molecular flexibility index (Phi) is 5.03. The second-order valence-electron chi connectivity index (χ2n) is 5.97. The quantitative estimate of drug-likeness (QED) is 0.801. The number of aryl methyl sites for hydroxylation is 1. The van der Waals surface area contributed by atoms with Crippen LogP contribution in [0.5, 0.6) is 0 Å². The third kappa shape index (κ3) is 3.30. The zero-order valence-corrected chi connectivity index (χ0v) is 14.6. The number of piperazine rings is 1. The summed E-state index contributed by atoms with van der Waals surface area (Å²) in [5.41, 5.74) is 2.94. The molecule has 1 unspecified atom stereocenters. The number of nitrogens with zero attached hydrogens (tertiary/aromatic N) is 2. The van der Waals surface area contributed by atoms with Crippen molar-refractivity contribution in [1.82, 2.24) is 9.80 Å². The van der Waals surface area contributed by atoms with E-state index in [1.807, 2.05) is 11.8 Å². The number of halogens is 1. The highest BCUT2D eigenvalue weighted by atomic mass is 79.9. The van der Waals surface area contributed by atoms with E-state index in [1.54, 1.807) is 0 Å². The Morgan fingerprint density at radius 1 is 1.32 bits per heavy atom. The van der Waals surface area contributed by atoms with E-state index in [-0.39, 0.29) is 6.09 Å². The molecule has 1 atom stereocenters. The number of hydrogen-bond acceptors (Lipinski definition) is 3. The maximum absolute atomic E-state index is 11.8. The van der Waals surface area contributed by atoms with E-state index in [4.69, 9.17) is 4.74 Å². The summed E-state index contributed by atoms with van der Waals surface area (Å²) in [7, 11) is 0. The maximum atomic E-state index is 11.8. The van der Waals surface area contributed by atoms with E-state index < -0.39 is 0 Å². The fourth-order valence-corrected chi connectivity index (χ4v) is 3.98. The molecule has 0 aromatic heterocycles. The third-order valence-corrected chi connectivity index (χ3v) is 5.16. The van der Waals surface area contributed by atoms with Crippen molar-refractivity contribution in [2.75, 3.05) is 32.8 Å². The smallest absolute Gasteiger partial charge is 0.409 e. The molecule has 0 spiro atoms. The van der Waals surface area contributed by atoms with Crippen molar-refractivity contribution in [1.29, 1.82) is 0 Å². The summed E-state index contributed by atoms with van der Waals surface area (Å²) in [6.07, 6.45) is 3.46. The lowest BCUT2D eigenvalue weighted by atomic mass is 9.86. The van der Waals surface area contributed by atoms with Crippen LogP contribution in [0, 0.1) is 0 Å². The summed E-state index contributed by atoms with van der Waals surface area (Å²) in [6.45, 7) is 5.69. The van der Waals surface area contributed by atoms with Gasteiger partial charge in [0, 0.05) is 36.7 Å². The summed E-state index contributed by atoms with van der Waals surface area (Å²) < 4.78 is 6.26. The molecule has 5 heteroatoms. The number of fused-ring (bicyclic) bond motifs is 1. The van der Waals surface area contributed by atoms with Gasteiger partial charge in [0.25, 0.3) is 0 Å². The minimum absolute atomic E-state index is 0.171. The van der Waals surface area contributed by atoms with E-state index in [2.05, 4.69) is 39.0 Å². The van der Waals surface area contributed by atoms with Crippen LogP contribution in [0.2, 0.25) is 0 Å². The lowest BCUT2D eigenvalue weighted by molar-refractivity contribution is 0.0624. The number of carbonyl (C=O) groups excluding carboxylic acids is 1. The van der Waals surface area contributed by atoms with Gasteiger partial charge >= 0.3 is 6.09 Å². The molecule has 1 amide bonds. The van der Waals surface area contributed by atoms with E-state index in [1.165, 1.54) is 34.9 Å². The van der Waals surface area contributed by atoms with Crippen LogP contribution >= 0.6 is 15.9 Å². The maximum Gasteiger partial charge on any atom is 0.409 e. The average molecular weight is 367 g/mol. The zero-order chi connectivity index (χ0) is 15.5. The molecule has 120 valence electrons. The van der Waals surface area contributed by atoms with Gasteiger partial charge < -0.3 is 9.64 Å². The normalized spacial score (nSPS) is 22.3. The van der Waals surface area contributed by atoms with Crippen LogP contribution in [0.4, 0.5) is 4.79 Å². The summed E-state index contributed by atoms with van der Waals surface area (Å²) >= 11 is 3.57. The minimum Gasteiger partial charge on any atom is -0.450 e. The van der Waals surface area contributed by atoms with Crippen molar-refractivity contribution in [2.24, 2.45) is 0 Å². The number of ether oxygens (including phenoxy) is 1. The molecule has 4 nitrogen and oxygen atoms in total. The fourth-order valence-electron chi connectivity index (χ4n) is 3.57. The van der Waals surface area contributed by atoms with E-state index >= 15 is 0 Å². The van der Waals surface area contributed by atoms with Gasteiger partial charge in [0.1, 0.15) is 0 Å². The van der Waals surface area contributed by atoms with Gasteiger partial charge in [-0.25, -0.2) is 4.79 Å². The molecular weight excluding hydrogens is 344 g/mol. The summed E-state index contributed by atoms with van der Waals surface area (Å²) in [5.74, 6) is 0. The van der Waals surface area contributed by atoms with Crippen molar-refractivity contribution < 1.29 is 9.53 Å². The van der Waals surface area contributed by atoms with Gasteiger partial charge in [-0.2, -0.15) is 0 Å². The molecule has 2 aliphatic rings. The van der Waals surface area contributed by atoms with Crippen LogP contribution in [0.25, 0.3) is 0 Å². The Balaban J connectivity index is 1.66. The largest absolute Gasteiger partial charge is 0.450 e. The number of carbonyl (C=O) groups is 1. The van der Waals surface area contributed by atoms with Crippen molar-refractivity contribution in [3.8, 4) is 0 Å². The van der Waals surface area contributed by atoms with Crippen molar-refractivity contribution in [3.63, 3.8) is 0 Å². The first-order valence-corrected chi connectivity index (χ1v) is 8.92. The molecule has 1 fully saturated rings. The zero-order valence-electron chi connectivity index (χ0n) is 13.1. The third-order valence-electron chi connectivity index (χ3n) is 4.67. The molecule has 22 heavy (non-hydrogen) atoms. The first kappa shape index (κ1) is 15.8. The Hall–Kier alpha value is -1.07. The molecule has 0 N–H and O–H groups in total. The van der Waals surface area contributed by atoms with E-state index in [0.717, 1.165) is 26.2 Å². The second-order valence-corrected chi connectivity index (χ2v) is 6.89. The second kappa shape index (κ2) is 7.01. The van der Waals surface area contributed by atoms with Gasteiger partial charge in [-0.3, -0.25) is 4.90 Å². The van der Waals surface area contributed by atoms with Gasteiger partial charge in [0.2, 0.25) is 0 Å². The van der Waals surface area contributed by atoms with Crippen LogP contribution in [-0.2, 0) is 11.2 Å². The van der Waals surface area contributed by atoms with Gasteiger partial charge in [-0.15, -0.1) is 0 Å². The average Bonchev–Trinajstić information content (AvgIpc) is 2.54. The number of amides is 1. The number of benzene rings is 1. The van der Waals surface area contributed by atoms with Crippen LogP contribution < -0.4 is 0 Å². The van der Waals surface area contributed by atoms with E-state index in [9.17, 15) is 4.79 Å². The Morgan fingerprint density at radius 3 is 2.82 bits per heavy atom. The molecule has 1 saturated heterocycles. The lowest BCUT2D eigenvalue weighted by Gasteiger charge is -2.41. The van der Waals surface area contributed by atoms with Gasteiger partial charge in [0.15, 0.2) is 0 Å². The van der Waals surface area contributed by atoms with E-state index in [0.29, 0.717) is 12.6 Å². The Labute approximate surface area is 140 Å². The predicted octanol–water partition coefficient (Wildman–Crippen LogP) is 3.60. The molecular formula is C17H23BrN2O2. The Morgan fingerprint density at radius 2 is 2.09 bits per heavy atom. The molecule has 1 aliphatic carbocycles. The number of hydrogen-bond donors (Lipinski definition) is 0.